The van der Waals surface area contributed by atoms with E-state index in [1.54, 1.807) is 7.11 Å². The second-order valence-electron chi connectivity index (χ2n) is 8.35. The zero-order chi connectivity index (χ0) is 20.9. The average molecular weight is 416 g/mol. The molecule has 1 aromatic carbocycles. The van der Waals surface area contributed by atoms with Crippen molar-refractivity contribution in [3.8, 4) is 5.75 Å². The summed E-state index contributed by atoms with van der Waals surface area (Å²) >= 11 is 0. The number of aromatic nitrogens is 1. The zero-order valence-corrected chi connectivity index (χ0v) is 18.0. The van der Waals surface area contributed by atoms with Crippen molar-refractivity contribution in [2.45, 2.75) is 13.5 Å². The summed E-state index contributed by atoms with van der Waals surface area (Å²) in [5, 5.41) is 4.09. The number of quaternary nitrogens is 2. The lowest BCUT2D eigenvalue weighted by atomic mass is 10.2. The van der Waals surface area contributed by atoms with Gasteiger partial charge in [-0.15, -0.1) is 0 Å². The van der Waals surface area contributed by atoms with E-state index >= 15 is 0 Å². The van der Waals surface area contributed by atoms with Crippen molar-refractivity contribution >= 4 is 11.6 Å². The molecule has 8 nitrogen and oxygen atoms in total. The summed E-state index contributed by atoms with van der Waals surface area (Å²) < 4.78 is 10.5. The third kappa shape index (κ3) is 5.12. The first kappa shape index (κ1) is 20.7. The highest BCUT2D eigenvalue weighted by molar-refractivity contribution is 5.77. The van der Waals surface area contributed by atoms with Gasteiger partial charge in [-0.25, -0.2) is 0 Å². The van der Waals surface area contributed by atoms with Crippen LogP contribution in [0.4, 0.5) is 5.69 Å². The third-order valence-electron chi connectivity index (χ3n) is 6.22. The Bertz CT molecular complexity index is 839. The van der Waals surface area contributed by atoms with Crippen molar-refractivity contribution in [2.24, 2.45) is 0 Å². The van der Waals surface area contributed by atoms with Crippen molar-refractivity contribution in [1.29, 1.82) is 0 Å². The first-order valence-corrected chi connectivity index (χ1v) is 10.9. The average Bonchev–Trinajstić information content (AvgIpc) is 3.19. The molecule has 1 aromatic heterocycles. The van der Waals surface area contributed by atoms with Crippen molar-refractivity contribution in [3.63, 3.8) is 0 Å². The first-order valence-electron chi connectivity index (χ1n) is 10.9. The number of anilines is 1. The fraction of sp³-hybridized carbons (Fsp3) is 0.545. The minimum absolute atomic E-state index is 0.288. The number of hydrogen-bond acceptors (Lipinski definition) is 5. The van der Waals surface area contributed by atoms with Crippen molar-refractivity contribution in [2.75, 3.05) is 70.9 Å². The van der Waals surface area contributed by atoms with Crippen LogP contribution < -0.4 is 19.4 Å². The Morgan fingerprint density at radius 2 is 1.83 bits per heavy atom. The molecule has 2 aliphatic rings. The Morgan fingerprint density at radius 1 is 1.10 bits per heavy atom. The van der Waals surface area contributed by atoms with Crippen molar-refractivity contribution in [3.05, 3.63) is 41.8 Å². The molecule has 0 radical (unpaired) electrons. The van der Waals surface area contributed by atoms with Crippen LogP contribution in [0.1, 0.15) is 11.5 Å². The van der Waals surface area contributed by atoms with Gasteiger partial charge in [0, 0.05) is 17.8 Å². The van der Waals surface area contributed by atoms with Gasteiger partial charge in [0.2, 0.25) is 0 Å². The summed E-state index contributed by atoms with van der Waals surface area (Å²) in [6.45, 7) is 10.9. The Hall–Kier alpha value is -2.58. The highest BCUT2D eigenvalue weighted by Gasteiger charge is 2.28. The fourth-order valence-corrected chi connectivity index (χ4v) is 4.40. The van der Waals surface area contributed by atoms with Gasteiger partial charge in [-0.3, -0.25) is 4.79 Å². The van der Waals surface area contributed by atoms with Crippen LogP contribution >= 0.6 is 0 Å². The number of ether oxygens (including phenoxy) is 1. The van der Waals surface area contributed by atoms with Gasteiger partial charge >= 0.3 is 0 Å². The Balaban J connectivity index is 1.20. The molecule has 0 aliphatic carbocycles. The highest BCUT2D eigenvalue weighted by Crippen LogP contribution is 2.20. The molecule has 0 spiro atoms. The Morgan fingerprint density at radius 3 is 2.50 bits per heavy atom. The second kappa shape index (κ2) is 9.49. The van der Waals surface area contributed by atoms with E-state index in [2.05, 4.69) is 22.2 Å². The number of hydrogen-bond donors (Lipinski definition) is 2. The number of nitrogens with one attached hydrogen (secondary N) is 2. The summed E-state index contributed by atoms with van der Waals surface area (Å²) in [5.41, 5.74) is 2.20. The molecule has 4 rings (SSSR count). The minimum atomic E-state index is 0.288. The van der Waals surface area contributed by atoms with E-state index < -0.39 is 0 Å². The van der Waals surface area contributed by atoms with Crippen LogP contribution in [0.25, 0.3) is 0 Å². The van der Waals surface area contributed by atoms with Gasteiger partial charge in [-0.05, 0) is 19.1 Å². The molecule has 2 aromatic rings. The van der Waals surface area contributed by atoms with Gasteiger partial charge in [0.05, 0.1) is 59.5 Å². The van der Waals surface area contributed by atoms with Crippen LogP contribution in [-0.4, -0.2) is 82.0 Å². The number of carbonyl (C=O) groups is 1. The highest BCUT2D eigenvalue weighted by atomic mass is 16.5. The molecule has 2 fully saturated rings. The molecule has 2 saturated heterocycles. The molecule has 1 amide bonds. The molecule has 0 saturated carbocycles. The van der Waals surface area contributed by atoms with E-state index in [1.165, 1.54) is 15.5 Å². The van der Waals surface area contributed by atoms with E-state index in [0.29, 0.717) is 6.54 Å². The summed E-state index contributed by atoms with van der Waals surface area (Å²) in [7, 11) is 1.70. The minimum Gasteiger partial charge on any atom is -0.497 e. The van der Waals surface area contributed by atoms with E-state index in [4.69, 9.17) is 9.26 Å². The standard InChI is InChI=1S/C22H31N5O3/c1-18-14-19(23-30-18)16-24-8-12-27(13-9-24)22(28)17-25-6-10-26(11-7-25)20-4-3-5-21(15-20)29-2/h3-5,14-15H,6-13,16-17H2,1-2H3/p+2. The van der Waals surface area contributed by atoms with Gasteiger partial charge in [-0.2, -0.15) is 0 Å². The Kier molecular flexibility index (Phi) is 6.54. The number of nitrogens with zero attached hydrogens (tertiary/aromatic N) is 3. The normalized spacial score (nSPS) is 18.6. The number of carbonyl (C=O) groups excluding carboxylic acids is 1. The molecule has 0 atom stereocenters. The molecule has 162 valence electrons. The molecule has 30 heavy (non-hydrogen) atoms. The number of aryl methyl sites for hydroxylation is 1. The van der Waals surface area contributed by atoms with E-state index in [9.17, 15) is 4.79 Å². The third-order valence-corrected chi connectivity index (χ3v) is 6.22. The SMILES string of the molecule is COc1cccc(N2CC[NH+](CC(=O)N3CC[NH+](Cc4cc(C)on4)CC3)CC2)c1. The maximum atomic E-state index is 12.8. The molecule has 0 bridgehead atoms. The van der Waals surface area contributed by atoms with Gasteiger partial charge in [0.25, 0.3) is 5.91 Å². The smallest absolute Gasteiger partial charge is 0.278 e. The zero-order valence-electron chi connectivity index (χ0n) is 18.0. The lowest BCUT2D eigenvalue weighted by molar-refractivity contribution is -0.918. The molecule has 8 heteroatoms. The van der Waals surface area contributed by atoms with Crippen LogP contribution in [0.3, 0.4) is 0 Å². The predicted molar refractivity (Wildman–Crippen MR) is 113 cm³/mol. The number of rotatable bonds is 6. The fourth-order valence-electron chi connectivity index (χ4n) is 4.40. The van der Waals surface area contributed by atoms with Gasteiger partial charge in [0.15, 0.2) is 6.54 Å². The van der Waals surface area contributed by atoms with Crippen molar-refractivity contribution < 1.29 is 23.9 Å². The quantitative estimate of drug-likeness (QED) is 0.609. The van der Waals surface area contributed by atoms with E-state index in [-0.39, 0.29) is 5.91 Å². The second-order valence-corrected chi connectivity index (χ2v) is 8.35. The largest absolute Gasteiger partial charge is 0.497 e. The summed E-state index contributed by atoms with van der Waals surface area (Å²) in [6, 6.07) is 10.2. The number of methoxy groups -OCH3 is 1. The molecule has 0 unspecified atom stereocenters. The molecular formula is C22H33N5O3+2. The van der Waals surface area contributed by atoms with Gasteiger partial charge < -0.3 is 28.9 Å². The summed E-state index contributed by atoms with van der Waals surface area (Å²) in [5.74, 6) is 2.03. The molecular weight excluding hydrogens is 382 g/mol. The van der Waals surface area contributed by atoms with Gasteiger partial charge in [0.1, 0.15) is 23.7 Å². The maximum Gasteiger partial charge on any atom is 0.278 e. The lowest BCUT2D eigenvalue weighted by Gasteiger charge is -2.35. The summed E-state index contributed by atoms with van der Waals surface area (Å²) in [6.07, 6.45) is 0. The van der Waals surface area contributed by atoms with Crippen LogP contribution in [0, 0.1) is 6.92 Å². The van der Waals surface area contributed by atoms with Crippen molar-refractivity contribution in [1.82, 2.24) is 10.1 Å². The monoisotopic (exact) mass is 415 g/mol. The maximum absolute atomic E-state index is 12.8. The van der Waals surface area contributed by atoms with Crippen LogP contribution in [0.2, 0.25) is 0 Å². The van der Waals surface area contributed by atoms with Crippen LogP contribution in [0.5, 0.6) is 5.75 Å². The molecule has 2 aliphatic heterocycles. The molecule has 2 N–H and O–H groups in total. The number of piperazine rings is 2. The number of benzene rings is 1. The Labute approximate surface area is 178 Å². The van der Waals surface area contributed by atoms with E-state index in [1.807, 2.05) is 30.0 Å². The topological polar surface area (TPSA) is 67.7 Å². The van der Waals surface area contributed by atoms with E-state index in [0.717, 1.165) is 76.1 Å². The summed E-state index contributed by atoms with van der Waals surface area (Å²) in [4.78, 5) is 20.1. The van der Waals surface area contributed by atoms with Crippen LogP contribution in [0.15, 0.2) is 34.9 Å². The lowest BCUT2D eigenvalue weighted by Crippen LogP contribution is -3.16. The molecule has 3 heterocycles. The van der Waals surface area contributed by atoms with Gasteiger partial charge in [-0.1, -0.05) is 11.2 Å². The van der Waals surface area contributed by atoms with Crippen LogP contribution in [-0.2, 0) is 11.3 Å². The predicted octanol–water partition coefficient (Wildman–Crippen LogP) is -1.38. The first-order chi connectivity index (χ1) is 14.6. The number of amides is 1.